The molecule has 2 aliphatic rings. The van der Waals surface area contributed by atoms with Crippen LogP contribution in [0.4, 0.5) is 5.69 Å². The van der Waals surface area contributed by atoms with Crippen LogP contribution in [0.2, 0.25) is 0 Å². The highest BCUT2D eigenvalue weighted by molar-refractivity contribution is 7.89. The second-order valence-corrected chi connectivity index (χ2v) is 13.4. The average molecular weight is 596 g/mol. The molecule has 2 atom stereocenters. The molecule has 6 rings (SSSR count). The van der Waals surface area contributed by atoms with E-state index in [-0.39, 0.29) is 6.04 Å². The van der Waals surface area contributed by atoms with Gasteiger partial charge in [0.15, 0.2) is 0 Å². The van der Waals surface area contributed by atoms with Gasteiger partial charge in [0, 0.05) is 37.4 Å². The molecular formula is C36H41N3O3S. The molecule has 7 heteroatoms. The minimum absolute atomic E-state index is 0.112. The van der Waals surface area contributed by atoms with E-state index in [0.717, 1.165) is 54.1 Å². The van der Waals surface area contributed by atoms with Gasteiger partial charge in [0.1, 0.15) is 12.4 Å². The minimum atomic E-state index is -3.65. The van der Waals surface area contributed by atoms with Crippen molar-refractivity contribution >= 4 is 15.7 Å². The predicted molar refractivity (Wildman–Crippen MR) is 174 cm³/mol. The standard InChI is InChI=1S/C36H41N3O3S/c1-2-37-23-9-14-33(37)26-34-27-38(32-17-19-35(20-18-32)42-28-29-10-5-3-6-11-29)24-25-39(34)43(40,41)36-21-15-31(16-22-36)30-12-7-4-8-13-30/h3-8,10-13,15-22,33-34H,2,9,14,23-28H2,1H3. The molecule has 2 aliphatic heterocycles. The summed E-state index contributed by atoms with van der Waals surface area (Å²) < 4.78 is 36.0. The largest absolute Gasteiger partial charge is 0.489 e. The van der Waals surface area contributed by atoms with Gasteiger partial charge >= 0.3 is 0 Å². The molecule has 2 saturated heterocycles. The van der Waals surface area contributed by atoms with Crippen LogP contribution in [0.1, 0.15) is 31.7 Å². The highest BCUT2D eigenvalue weighted by atomic mass is 32.2. The predicted octanol–water partition coefficient (Wildman–Crippen LogP) is 6.69. The Balaban J connectivity index is 1.19. The summed E-state index contributed by atoms with van der Waals surface area (Å²) in [4.78, 5) is 5.21. The topological polar surface area (TPSA) is 53.1 Å². The molecule has 0 radical (unpaired) electrons. The van der Waals surface area contributed by atoms with Gasteiger partial charge in [-0.2, -0.15) is 4.31 Å². The molecule has 2 heterocycles. The van der Waals surface area contributed by atoms with E-state index in [1.54, 1.807) is 16.4 Å². The number of rotatable bonds is 10. The number of likely N-dealkylation sites (tertiary alicyclic amines) is 1. The quantitative estimate of drug-likeness (QED) is 0.205. The van der Waals surface area contributed by atoms with Gasteiger partial charge < -0.3 is 14.5 Å². The number of piperazine rings is 1. The van der Waals surface area contributed by atoms with Crippen molar-refractivity contribution in [2.45, 2.75) is 49.8 Å². The monoisotopic (exact) mass is 595 g/mol. The fourth-order valence-electron chi connectivity index (χ4n) is 6.55. The fraction of sp³-hybridized carbons (Fsp3) is 0.333. The van der Waals surface area contributed by atoms with Gasteiger partial charge in [0.05, 0.1) is 4.90 Å². The Morgan fingerprint density at radius 3 is 2.12 bits per heavy atom. The van der Waals surface area contributed by atoms with E-state index in [4.69, 9.17) is 4.74 Å². The van der Waals surface area contributed by atoms with E-state index in [0.29, 0.717) is 37.2 Å². The van der Waals surface area contributed by atoms with Crippen molar-refractivity contribution in [1.82, 2.24) is 9.21 Å². The molecule has 4 aromatic rings. The third-order valence-electron chi connectivity index (χ3n) is 8.90. The SMILES string of the molecule is CCN1CCCC1CC1CN(c2ccc(OCc3ccccc3)cc2)CCN1S(=O)(=O)c1ccc(-c2ccccc2)cc1. The minimum Gasteiger partial charge on any atom is -0.489 e. The number of hydrogen-bond donors (Lipinski definition) is 0. The number of anilines is 1. The number of hydrogen-bond acceptors (Lipinski definition) is 5. The molecule has 0 spiro atoms. The summed E-state index contributed by atoms with van der Waals surface area (Å²) in [5.41, 5.74) is 4.33. The third-order valence-corrected chi connectivity index (χ3v) is 10.9. The van der Waals surface area contributed by atoms with Crippen molar-refractivity contribution in [3.05, 3.63) is 115 Å². The van der Waals surface area contributed by atoms with Crippen LogP contribution < -0.4 is 9.64 Å². The zero-order chi connectivity index (χ0) is 29.6. The molecule has 0 aliphatic carbocycles. The first kappa shape index (κ1) is 29.4. The van der Waals surface area contributed by atoms with Crippen molar-refractivity contribution < 1.29 is 13.2 Å². The number of ether oxygens (including phenoxy) is 1. The van der Waals surface area contributed by atoms with Crippen molar-refractivity contribution in [2.75, 3.05) is 37.6 Å². The first-order chi connectivity index (χ1) is 21.0. The average Bonchev–Trinajstić information content (AvgIpc) is 3.52. The van der Waals surface area contributed by atoms with Crippen LogP contribution in [0.3, 0.4) is 0 Å². The second kappa shape index (κ2) is 13.3. The zero-order valence-electron chi connectivity index (χ0n) is 24.9. The van der Waals surface area contributed by atoms with Crippen LogP contribution in [0.5, 0.6) is 5.75 Å². The van der Waals surface area contributed by atoms with Crippen molar-refractivity contribution in [3.8, 4) is 16.9 Å². The van der Waals surface area contributed by atoms with E-state index in [1.807, 2.05) is 72.8 Å². The van der Waals surface area contributed by atoms with Crippen LogP contribution in [-0.2, 0) is 16.6 Å². The summed E-state index contributed by atoms with van der Waals surface area (Å²) in [6, 6.07) is 36.1. The summed E-state index contributed by atoms with van der Waals surface area (Å²) >= 11 is 0. The molecule has 0 amide bonds. The third kappa shape index (κ3) is 6.80. The molecule has 6 nitrogen and oxygen atoms in total. The van der Waals surface area contributed by atoms with Crippen molar-refractivity contribution in [2.24, 2.45) is 0 Å². The molecule has 0 N–H and O–H groups in total. The van der Waals surface area contributed by atoms with Gasteiger partial charge in [-0.15, -0.1) is 0 Å². The molecule has 2 fully saturated rings. The van der Waals surface area contributed by atoms with Crippen molar-refractivity contribution in [3.63, 3.8) is 0 Å². The van der Waals surface area contributed by atoms with E-state index >= 15 is 0 Å². The Morgan fingerprint density at radius 1 is 0.744 bits per heavy atom. The van der Waals surface area contributed by atoms with Gasteiger partial charge in [-0.3, -0.25) is 0 Å². The van der Waals surface area contributed by atoms with Gasteiger partial charge in [0.2, 0.25) is 10.0 Å². The van der Waals surface area contributed by atoms with Crippen LogP contribution in [0, 0.1) is 0 Å². The summed E-state index contributed by atoms with van der Waals surface area (Å²) in [6.07, 6.45) is 3.13. The lowest BCUT2D eigenvalue weighted by Gasteiger charge is -2.43. The smallest absolute Gasteiger partial charge is 0.243 e. The van der Waals surface area contributed by atoms with E-state index in [9.17, 15) is 8.42 Å². The summed E-state index contributed by atoms with van der Waals surface area (Å²) in [5, 5.41) is 0. The fourth-order valence-corrected chi connectivity index (χ4v) is 8.17. The van der Waals surface area contributed by atoms with Gasteiger partial charge in [-0.25, -0.2) is 8.42 Å². The maximum Gasteiger partial charge on any atom is 0.243 e. The Kier molecular flexibility index (Phi) is 9.12. The van der Waals surface area contributed by atoms with E-state index in [2.05, 4.69) is 41.0 Å². The lowest BCUT2D eigenvalue weighted by atomic mass is 10.0. The number of nitrogens with zero attached hydrogens (tertiary/aromatic N) is 3. The summed E-state index contributed by atoms with van der Waals surface area (Å²) in [6.45, 7) is 6.59. The molecule has 224 valence electrons. The Labute approximate surface area is 256 Å². The maximum absolute atomic E-state index is 14.1. The number of sulfonamides is 1. The van der Waals surface area contributed by atoms with Crippen molar-refractivity contribution in [1.29, 1.82) is 0 Å². The number of benzene rings is 4. The molecule has 0 saturated carbocycles. The molecular weight excluding hydrogens is 554 g/mol. The van der Waals surface area contributed by atoms with Gasteiger partial charge in [-0.1, -0.05) is 79.7 Å². The van der Waals surface area contributed by atoms with Gasteiger partial charge in [0.25, 0.3) is 0 Å². The molecule has 4 aromatic carbocycles. The highest BCUT2D eigenvalue weighted by Gasteiger charge is 2.39. The lowest BCUT2D eigenvalue weighted by molar-refractivity contribution is 0.194. The molecule has 43 heavy (non-hydrogen) atoms. The lowest BCUT2D eigenvalue weighted by Crippen LogP contribution is -2.56. The molecule has 0 aromatic heterocycles. The Bertz CT molecular complexity index is 1560. The Hall–Kier alpha value is -3.65. The summed E-state index contributed by atoms with van der Waals surface area (Å²) in [7, 11) is -3.65. The van der Waals surface area contributed by atoms with E-state index in [1.165, 1.54) is 6.42 Å². The first-order valence-corrected chi connectivity index (χ1v) is 16.9. The molecule has 0 bridgehead atoms. The van der Waals surface area contributed by atoms with E-state index < -0.39 is 10.0 Å². The zero-order valence-corrected chi connectivity index (χ0v) is 25.7. The second-order valence-electron chi connectivity index (χ2n) is 11.5. The normalized spacial score (nSPS) is 19.9. The maximum atomic E-state index is 14.1. The Morgan fingerprint density at radius 2 is 1.42 bits per heavy atom. The first-order valence-electron chi connectivity index (χ1n) is 15.4. The van der Waals surface area contributed by atoms with Crippen LogP contribution in [0.25, 0.3) is 11.1 Å². The summed E-state index contributed by atoms with van der Waals surface area (Å²) in [5.74, 6) is 0.828. The highest BCUT2D eigenvalue weighted by Crippen LogP contribution is 2.32. The van der Waals surface area contributed by atoms with Gasteiger partial charge in [-0.05, 0) is 85.4 Å². The van der Waals surface area contributed by atoms with Crippen LogP contribution in [0.15, 0.2) is 114 Å². The van der Waals surface area contributed by atoms with Crippen LogP contribution in [-0.4, -0.2) is 62.4 Å². The molecule has 2 unspecified atom stereocenters. The van der Waals surface area contributed by atoms with Crippen LogP contribution >= 0.6 is 0 Å².